The van der Waals surface area contributed by atoms with Crippen LogP contribution in [0, 0.1) is 0 Å². The van der Waals surface area contributed by atoms with Crippen molar-refractivity contribution in [1.82, 2.24) is 4.57 Å². The zero-order chi connectivity index (χ0) is 28.3. The van der Waals surface area contributed by atoms with Crippen molar-refractivity contribution < 1.29 is 23.7 Å². The van der Waals surface area contributed by atoms with E-state index in [-0.39, 0.29) is 17.7 Å². The maximum atomic E-state index is 13.9. The zero-order valence-corrected chi connectivity index (χ0v) is 25.7. The molecule has 2 heterocycles. The number of esters is 1. The number of benzene rings is 2. The second-order valence-corrected chi connectivity index (χ2v) is 11.0. The Labute approximate surface area is 246 Å². The largest absolute Gasteiger partial charge is 0.493 e. The molecule has 39 heavy (non-hydrogen) atoms. The maximum Gasteiger partial charge on any atom is 0.338 e. The number of aromatic nitrogens is 1. The summed E-state index contributed by atoms with van der Waals surface area (Å²) in [6.45, 7) is 7.70. The molecule has 4 rings (SSSR count). The van der Waals surface area contributed by atoms with Crippen LogP contribution >= 0.6 is 43.2 Å². The number of halogens is 2. The third kappa shape index (κ3) is 5.75. The highest BCUT2D eigenvalue weighted by Crippen LogP contribution is 2.40. The van der Waals surface area contributed by atoms with E-state index in [0.29, 0.717) is 48.9 Å². The quantitative estimate of drug-likeness (QED) is 0.237. The van der Waals surface area contributed by atoms with Crippen molar-refractivity contribution in [3.8, 4) is 17.2 Å². The molecule has 204 valence electrons. The number of hydrogen-bond donors (Lipinski definition) is 0. The molecule has 1 aliphatic heterocycles. The number of rotatable bonds is 9. The van der Waals surface area contributed by atoms with Gasteiger partial charge in [-0.05, 0) is 71.2 Å². The summed E-state index contributed by atoms with van der Waals surface area (Å²) in [6.07, 6.45) is 3.46. The molecular weight excluding hydrogens is 652 g/mol. The van der Waals surface area contributed by atoms with Gasteiger partial charge in [0.15, 0.2) is 16.3 Å². The summed E-state index contributed by atoms with van der Waals surface area (Å²) < 4.78 is 25.3. The standard InChI is InChI=1S/C28H26Br2N2O6S/c1-6-10-38-20-9-8-16(11-19(20)30)12-23-26(33)32-25(17-13-21(35-4)22(36-5)14-18(17)29)24(27(34)37-7-2)15(3)31-28(32)39-23/h6,8-9,11-14,25H,1,7,10H2,2-5H3/b23-12-/t25-/m1/s1. The number of carbonyl (C=O) groups excluding carboxylic acids is 1. The molecule has 0 spiro atoms. The van der Waals surface area contributed by atoms with Crippen LogP contribution in [0.5, 0.6) is 17.2 Å². The Morgan fingerprint density at radius 1 is 1.13 bits per heavy atom. The summed E-state index contributed by atoms with van der Waals surface area (Å²) in [7, 11) is 3.07. The molecule has 11 heteroatoms. The number of fused-ring (bicyclic) bond motifs is 1. The highest BCUT2D eigenvalue weighted by molar-refractivity contribution is 9.10. The molecule has 0 saturated heterocycles. The van der Waals surface area contributed by atoms with Crippen molar-refractivity contribution in [1.29, 1.82) is 0 Å². The first kappa shape index (κ1) is 28.8. The van der Waals surface area contributed by atoms with Gasteiger partial charge >= 0.3 is 5.97 Å². The Kier molecular flexibility index (Phi) is 9.14. The lowest BCUT2D eigenvalue weighted by Gasteiger charge is -2.26. The highest BCUT2D eigenvalue weighted by atomic mass is 79.9. The molecule has 0 amide bonds. The minimum atomic E-state index is -0.807. The number of ether oxygens (including phenoxy) is 4. The Morgan fingerprint density at radius 3 is 2.49 bits per heavy atom. The fourth-order valence-electron chi connectivity index (χ4n) is 4.19. The van der Waals surface area contributed by atoms with Crippen LogP contribution in [0.15, 0.2) is 73.0 Å². The third-order valence-corrected chi connectivity index (χ3v) is 8.21. The van der Waals surface area contributed by atoms with Crippen molar-refractivity contribution >= 4 is 55.2 Å². The first-order valence-electron chi connectivity index (χ1n) is 11.9. The average Bonchev–Trinajstić information content (AvgIpc) is 3.21. The molecule has 2 aromatic carbocycles. The fourth-order valence-corrected chi connectivity index (χ4v) is 6.29. The zero-order valence-electron chi connectivity index (χ0n) is 21.7. The summed E-state index contributed by atoms with van der Waals surface area (Å²) in [4.78, 5) is 32.2. The van der Waals surface area contributed by atoms with Gasteiger partial charge in [0, 0.05) is 4.47 Å². The van der Waals surface area contributed by atoms with Gasteiger partial charge in [-0.3, -0.25) is 9.36 Å². The van der Waals surface area contributed by atoms with Crippen LogP contribution < -0.4 is 29.1 Å². The van der Waals surface area contributed by atoms with Gasteiger partial charge < -0.3 is 18.9 Å². The van der Waals surface area contributed by atoms with Crippen molar-refractivity contribution in [3.63, 3.8) is 0 Å². The number of thiazole rings is 1. The topological polar surface area (TPSA) is 88.3 Å². The summed E-state index contributed by atoms with van der Waals surface area (Å²) >= 11 is 8.38. The van der Waals surface area contributed by atoms with Crippen molar-refractivity contribution in [2.24, 2.45) is 4.99 Å². The first-order valence-corrected chi connectivity index (χ1v) is 14.3. The van der Waals surface area contributed by atoms with E-state index in [4.69, 9.17) is 18.9 Å². The summed E-state index contributed by atoms with van der Waals surface area (Å²) in [5.41, 5.74) is 1.88. The Bertz CT molecular complexity index is 1660. The van der Waals surface area contributed by atoms with E-state index in [9.17, 15) is 9.59 Å². The second kappa shape index (κ2) is 12.4. The van der Waals surface area contributed by atoms with Crippen LogP contribution in [0.4, 0.5) is 0 Å². The normalized spacial score (nSPS) is 14.9. The Morgan fingerprint density at radius 2 is 1.85 bits per heavy atom. The van der Waals surface area contributed by atoms with Crippen molar-refractivity contribution in [2.75, 3.05) is 27.4 Å². The van der Waals surface area contributed by atoms with E-state index in [1.807, 2.05) is 18.2 Å². The van der Waals surface area contributed by atoms with Crippen LogP contribution in [0.3, 0.4) is 0 Å². The van der Waals surface area contributed by atoms with Crippen LogP contribution in [0.2, 0.25) is 0 Å². The average molecular weight is 678 g/mol. The van der Waals surface area contributed by atoms with Gasteiger partial charge in [0.25, 0.3) is 5.56 Å². The lowest BCUT2D eigenvalue weighted by molar-refractivity contribution is -0.139. The van der Waals surface area contributed by atoms with E-state index in [2.05, 4.69) is 43.4 Å². The lowest BCUT2D eigenvalue weighted by atomic mass is 9.95. The molecule has 1 aromatic heterocycles. The number of hydrogen-bond acceptors (Lipinski definition) is 8. The molecule has 0 saturated carbocycles. The van der Waals surface area contributed by atoms with Gasteiger partial charge in [-0.2, -0.15) is 0 Å². The molecule has 0 N–H and O–H groups in total. The minimum absolute atomic E-state index is 0.182. The van der Waals surface area contributed by atoms with Crippen LogP contribution in [0.1, 0.15) is 31.0 Å². The maximum absolute atomic E-state index is 13.9. The van der Waals surface area contributed by atoms with Gasteiger partial charge in [-0.1, -0.05) is 46.0 Å². The fraction of sp³-hybridized carbons (Fsp3) is 0.250. The van der Waals surface area contributed by atoms with Gasteiger partial charge in [0.2, 0.25) is 0 Å². The molecule has 3 aromatic rings. The molecule has 0 fully saturated rings. The second-order valence-electron chi connectivity index (χ2n) is 8.32. The monoisotopic (exact) mass is 676 g/mol. The van der Waals surface area contributed by atoms with Crippen molar-refractivity contribution in [3.05, 3.63) is 94.0 Å². The van der Waals surface area contributed by atoms with Gasteiger partial charge in [-0.15, -0.1) is 0 Å². The van der Waals surface area contributed by atoms with E-state index >= 15 is 0 Å². The Balaban J connectivity index is 1.93. The van der Waals surface area contributed by atoms with Gasteiger partial charge in [0.1, 0.15) is 12.4 Å². The van der Waals surface area contributed by atoms with Crippen LogP contribution in [0.25, 0.3) is 6.08 Å². The molecule has 0 aliphatic carbocycles. The molecule has 1 atom stereocenters. The number of nitrogens with zero attached hydrogens (tertiary/aromatic N) is 2. The van der Waals surface area contributed by atoms with E-state index in [1.54, 1.807) is 38.1 Å². The smallest absolute Gasteiger partial charge is 0.338 e. The summed E-state index contributed by atoms with van der Waals surface area (Å²) in [6, 6.07) is 8.24. The van der Waals surface area contributed by atoms with E-state index in [1.165, 1.54) is 30.1 Å². The lowest BCUT2D eigenvalue weighted by Crippen LogP contribution is -2.40. The number of methoxy groups -OCH3 is 2. The summed E-state index contributed by atoms with van der Waals surface area (Å²) in [5.74, 6) is 1.09. The molecule has 0 bridgehead atoms. The van der Waals surface area contributed by atoms with Gasteiger partial charge in [-0.25, -0.2) is 9.79 Å². The SMILES string of the molecule is C=CCOc1ccc(/C=c2\sc3n(c2=O)[C@H](c2cc(OC)c(OC)cc2Br)C(C(=O)OCC)=C(C)N=3)cc1Br. The molecule has 8 nitrogen and oxygen atoms in total. The highest BCUT2D eigenvalue weighted by Gasteiger charge is 2.35. The number of allylic oxidation sites excluding steroid dienone is 1. The molecule has 0 unspecified atom stereocenters. The molecule has 1 aliphatic rings. The predicted octanol–water partition coefficient (Wildman–Crippen LogP) is 4.91. The van der Waals surface area contributed by atoms with Crippen molar-refractivity contribution in [2.45, 2.75) is 19.9 Å². The van der Waals surface area contributed by atoms with E-state index in [0.717, 1.165) is 10.0 Å². The van der Waals surface area contributed by atoms with E-state index < -0.39 is 12.0 Å². The summed E-state index contributed by atoms with van der Waals surface area (Å²) in [5, 5.41) is 0. The first-order chi connectivity index (χ1) is 18.7. The molecule has 0 radical (unpaired) electrons. The van der Waals surface area contributed by atoms with Crippen LogP contribution in [-0.2, 0) is 9.53 Å². The third-order valence-electron chi connectivity index (χ3n) is 5.92. The minimum Gasteiger partial charge on any atom is -0.493 e. The Hall–Kier alpha value is -3.15. The predicted molar refractivity (Wildman–Crippen MR) is 157 cm³/mol. The van der Waals surface area contributed by atoms with Gasteiger partial charge in [0.05, 0.1) is 47.1 Å². The molecular formula is C28H26Br2N2O6S. The number of carbonyl (C=O) groups is 1. The van der Waals surface area contributed by atoms with Crippen LogP contribution in [-0.4, -0.2) is 38.0 Å².